The summed E-state index contributed by atoms with van der Waals surface area (Å²) in [6.07, 6.45) is 0.928. The normalized spacial score (nSPS) is 24.8. The van der Waals surface area contributed by atoms with Crippen LogP contribution in [0, 0.1) is 0 Å². The van der Waals surface area contributed by atoms with E-state index >= 15 is 0 Å². The average Bonchev–Trinajstić information content (AvgIpc) is 3.00. The van der Waals surface area contributed by atoms with Crippen molar-refractivity contribution in [3.8, 4) is 0 Å². The van der Waals surface area contributed by atoms with E-state index < -0.39 is 0 Å². The fraction of sp³-hybridized carbons (Fsp3) is 0.400. The molecule has 3 nitrogen and oxygen atoms in total. The highest BCUT2D eigenvalue weighted by Crippen LogP contribution is 2.34. The van der Waals surface area contributed by atoms with Gasteiger partial charge in [0.1, 0.15) is 0 Å². The summed E-state index contributed by atoms with van der Waals surface area (Å²) >= 11 is 1.66. The molecule has 4 atom stereocenters. The van der Waals surface area contributed by atoms with E-state index in [1.54, 1.807) is 11.8 Å². The van der Waals surface area contributed by atoms with Crippen LogP contribution in [0.4, 0.5) is 0 Å². The molecule has 0 aliphatic carbocycles. The molecule has 0 unspecified atom stereocenters. The number of hydrogen-bond acceptors (Lipinski definition) is 4. The maximum Gasteiger partial charge on any atom is 0.0985 e. The van der Waals surface area contributed by atoms with Gasteiger partial charge in [0.15, 0.2) is 0 Å². The molecule has 1 fully saturated rings. The topological polar surface area (TPSA) is 38.7 Å². The molecule has 1 aliphatic heterocycles. The molecule has 2 aromatic rings. The minimum Gasteiger partial charge on any atom is -0.395 e. The maximum absolute atomic E-state index is 9.88. The van der Waals surface area contributed by atoms with Gasteiger partial charge >= 0.3 is 0 Å². The minimum absolute atomic E-state index is 0.00793. The van der Waals surface area contributed by atoms with Crippen LogP contribution < -0.4 is 0 Å². The van der Waals surface area contributed by atoms with Crippen molar-refractivity contribution >= 4 is 11.8 Å². The van der Waals surface area contributed by atoms with Gasteiger partial charge in [-0.3, -0.25) is 0 Å². The van der Waals surface area contributed by atoms with E-state index in [1.807, 2.05) is 36.4 Å². The van der Waals surface area contributed by atoms with Crippen LogP contribution in [0.15, 0.2) is 65.6 Å². The molecule has 128 valence electrons. The number of hydrogen-bond donors (Lipinski definition) is 1. The first-order valence-electron chi connectivity index (χ1n) is 8.40. The molecule has 24 heavy (non-hydrogen) atoms. The van der Waals surface area contributed by atoms with Crippen molar-refractivity contribution in [2.24, 2.45) is 0 Å². The van der Waals surface area contributed by atoms with E-state index in [-0.39, 0.29) is 30.2 Å². The van der Waals surface area contributed by atoms with Crippen LogP contribution in [0.25, 0.3) is 0 Å². The Hall–Kier alpha value is -1.33. The van der Waals surface area contributed by atoms with Gasteiger partial charge in [0, 0.05) is 11.3 Å². The predicted octanol–water partition coefficient (Wildman–Crippen LogP) is 3.90. The van der Waals surface area contributed by atoms with Gasteiger partial charge in [-0.05, 0) is 24.6 Å². The second kappa shape index (κ2) is 8.67. The standard InChI is InChI=1S/C20H24O3S/c1-15-12-18(22-14-16-8-4-2-5-9-16)20(23-15)19(13-21)24-17-10-6-3-7-11-17/h2-11,15,18-21H,12-14H2,1H3/t15-,18-,19-,20-/m0/s1. The van der Waals surface area contributed by atoms with Crippen LogP contribution in [-0.4, -0.2) is 35.3 Å². The average molecular weight is 344 g/mol. The molecule has 0 aromatic heterocycles. The van der Waals surface area contributed by atoms with Gasteiger partial charge in [-0.25, -0.2) is 0 Å². The Morgan fingerprint density at radius 3 is 2.46 bits per heavy atom. The fourth-order valence-electron chi connectivity index (χ4n) is 3.02. The molecule has 4 heteroatoms. The van der Waals surface area contributed by atoms with Gasteiger partial charge in [-0.1, -0.05) is 48.5 Å². The van der Waals surface area contributed by atoms with Crippen LogP contribution in [0.1, 0.15) is 18.9 Å². The Morgan fingerprint density at radius 2 is 1.79 bits per heavy atom. The Morgan fingerprint density at radius 1 is 1.12 bits per heavy atom. The molecule has 0 spiro atoms. The number of ether oxygens (including phenoxy) is 2. The summed E-state index contributed by atoms with van der Waals surface area (Å²) in [5.74, 6) is 0. The summed E-state index contributed by atoms with van der Waals surface area (Å²) < 4.78 is 12.2. The van der Waals surface area contributed by atoms with E-state index in [4.69, 9.17) is 9.47 Å². The molecule has 1 N–H and O–H groups in total. The Bertz CT molecular complexity index is 605. The first kappa shape index (κ1) is 17.5. The van der Waals surface area contributed by atoms with Crippen LogP contribution in [0.5, 0.6) is 0 Å². The van der Waals surface area contributed by atoms with E-state index in [9.17, 15) is 5.11 Å². The SMILES string of the molecule is C[C@H]1C[C@H](OCc2ccccc2)[C@@H]([C@H](CO)Sc2ccccc2)O1. The van der Waals surface area contributed by atoms with E-state index in [2.05, 4.69) is 31.2 Å². The van der Waals surface area contributed by atoms with Crippen molar-refractivity contribution < 1.29 is 14.6 Å². The van der Waals surface area contributed by atoms with Crippen LogP contribution in [-0.2, 0) is 16.1 Å². The van der Waals surface area contributed by atoms with E-state index in [0.29, 0.717) is 6.61 Å². The summed E-state index contributed by atoms with van der Waals surface area (Å²) in [5, 5.41) is 9.85. The summed E-state index contributed by atoms with van der Waals surface area (Å²) in [4.78, 5) is 1.14. The van der Waals surface area contributed by atoms with Gasteiger partial charge in [-0.2, -0.15) is 0 Å². The molecule has 0 bridgehead atoms. The van der Waals surface area contributed by atoms with Gasteiger partial charge < -0.3 is 14.6 Å². The lowest BCUT2D eigenvalue weighted by Gasteiger charge is -2.26. The number of rotatable bonds is 7. The molecule has 1 heterocycles. The Balaban J connectivity index is 1.64. The Labute approximate surface area is 148 Å². The fourth-order valence-corrected chi connectivity index (χ4v) is 4.13. The number of aliphatic hydroxyl groups excluding tert-OH is 1. The van der Waals surface area contributed by atoms with Gasteiger partial charge in [-0.15, -0.1) is 11.8 Å². The third kappa shape index (κ3) is 4.61. The second-order valence-corrected chi connectivity index (χ2v) is 7.45. The monoisotopic (exact) mass is 344 g/mol. The Kier molecular flexibility index (Phi) is 6.32. The van der Waals surface area contributed by atoms with Crippen molar-refractivity contribution in [2.75, 3.05) is 6.61 Å². The first-order chi connectivity index (χ1) is 11.8. The van der Waals surface area contributed by atoms with Crippen molar-refractivity contribution in [3.05, 3.63) is 66.2 Å². The predicted molar refractivity (Wildman–Crippen MR) is 97.1 cm³/mol. The molecular weight excluding hydrogens is 320 g/mol. The zero-order chi connectivity index (χ0) is 16.8. The molecule has 0 saturated carbocycles. The lowest BCUT2D eigenvalue weighted by atomic mass is 10.1. The molecule has 1 saturated heterocycles. The van der Waals surface area contributed by atoms with Crippen molar-refractivity contribution in [1.29, 1.82) is 0 Å². The quantitative estimate of drug-likeness (QED) is 0.773. The van der Waals surface area contributed by atoms with Crippen molar-refractivity contribution in [3.63, 3.8) is 0 Å². The lowest BCUT2D eigenvalue weighted by Crippen LogP contribution is -2.36. The third-order valence-electron chi connectivity index (χ3n) is 4.20. The molecule has 1 aliphatic rings. The molecule has 2 aromatic carbocycles. The second-order valence-electron chi connectivity index (χ2n) is 6.13. The smallest absolute Gasteiger partial charge is 0.0985 e. The molecular formula is C20H24O3S. The number of thioether (sulfide) groups is 1. The van der Waals surface area contributed by atoms with Crippen molar-refractivity contribution in [1.82, 2.24) is 0 Å². The number of aliphatic hydroxyl groups is 1. The highest BCUT2D eigenvalue weighted by atomic mass is 32.2. The molecule has 0 radical (unpaired) electrons. The third-order valence-corrected chi connectivity index (χ3v) is 5.47. The molecule has 3 rings (SSSR count). The highest BCUT2D eigenvalue weighted by molar-refractivity contribution is 8.00. The van der Waals surface area contributed by atoms with Crippen LogP contribution in [0.2, 0.25) is 0 Å². The van der Waals surface area contributed by atoms with Crippen LogP contribution >= 0.6 is 11.8 Å². The first-order valence-corrected chi connectivity index (χ1v) is 9.28. The lowest BCUT2D eigenvalue weighted by molar-refractivity contribution is -0.0322. The summed E-state index contributed by atoms with van der Waals surface area (Å²) in [5.41, 5.74) is 1.16. The summed E-state index contributed by atoms with van der Waals surface area (Å²) in [6, 6.07) is 20.3. The largest absolute Gasteiger partial charge is 0.395 e. The molecule has 0 amide bonds. The number of benzene rings is 2. The summed E-state index contributed by atoms with van der Waals surface area (Å²) in [6.45, 7) is 2.72. The zero-order valence-electron chi connectivity index (χ0n) is 13.9. The van der Waals surface area contributed by atoms with Crippen LogP contribution in [0.3, 0.4) is 0 Å². The van der Waals surface area contributed by atoms with Gasteiger partial charge in [0.25, 0.3) is 0 Å². The van der Waals surface area contributed by atoms with Gasteiger partial charge in [0.2, 0.25) is 0 Å². The van der Waals surface area contributed by atoms with Gasteiger partial charge in [0.05, 0.1) is 36.8 Å². The van der Waals surface area contributed by atoms with E-state index in [0.717, 1.165) is 16.9 Å². The van der Waals surface area contributed by atoms with E-state index in [1.165, 1.54) is 0 Å². The minimum atomic E-state index is -0.0982. The maximum atomic E-state index is 9.88. The highest BCUT2D eigenvalue weighted by Gasteiger charge is 2.39. The van der Waals surface area contributed by atoms with Crippen molar-refractivity contribution in [2.45, 2.75) is 48.4 Å². The zero-order valence-corrected chi connectivity index (χ0v) is 14.7. The summed E-state index contributed by atoms with van der Waals surface area (Å²) in [7, 11) is 0.